The standard InChI is InChI=1S/C13H19N3O/c1-10-6-12(9-15-7-10)16-13(17)3-2-11-4-5-14-8-11/h6-7,9,11,14H,2-5,8H2,1H3,(H,16,17). The summed E-state index contributed by atoms with van der Waals surface area (Å²) >= 11 is 0. The molecule has 0 saturated carbocycles. The van der Waals surface area contributed by atoms with E-state index in [1.54, 1.807) is 12.4 Å². The van der Waals surface area contributed by atoms with Crippen molar-refractivity contribution >= 4 is 11.6 Å². The maximum absolute atomic E-state index is 11.7. The van der Waals surface area contributed by atoms with Crippen LogP contribution in [0, 0.1) is 12.8 Å². The fourth-order valence-electron chi connectivity index (χ4n) is 2.14. The molecule has 4 heteroatoms. The zero-order valence-electron chi connectivity index (χ0n) is 10.2. The minimum absolute atomic E-state index is 0.0873. The van der Waals surface area contributed by atoms with E-state index in [4.69, 9.17) is 0 Å². The van der Waals surface area contributed by atoms with E-state index in [1.165, 1.54) is 6.42 Å². The molecule has 1 aromatic rings. The van der Waals surface area contributed by atoms with E-state index in [9.17, 15) is 4.79 Å². The SMILES string of the molecule is Cc1cncc(NC(=O)CCC2CCNC2)c1. The van der Waals surface area contributed by atoms with Crippen LogP contribution in [0.2, 0.25) is 0 Å². The third-order valence-corrected chi connectivity index (χ3v) is 3.10. The van der Waals surface area contributed by atoms with Gasteiger partial charge in [-0.05, 0) is 50.4 Å². The largest absolute Gasteiger partial charge is 0.325 e. The summed E-state index contributed by atoms with van der Waals surface area (Å²) in [6, 6.07) is 1.93. The summed E-state index contributed by atoms with van der Waals surface area (Å²) < 4.78 is 0. The Labute approximate surface area is 102 Å². The lowest BCUT2D eigenvalue weighted by Crippen LogP contribution is -2.15. The molecule has 0 aromatic carbocycles. The molecule has 1 aliphatic rings. The van der Waals surface area contributed by atoms with Crippen LogP contribution >= 0.6 is 0 Å². The first-order valence-corrected chi connectivity index (χ1v) is 6.16. The van der Waals surface area contributed by atoms with Gasteiger partial charge in [-0.2, -0.15) is 0 Å². The summed E-state index contributed by atoms with van der Waals surface area (Å²) in [7, 11) is 0. The fourth-order valence-corrected chi connectivity index (χ4v) is 2.14. The molecule has 2 N–H and O–H groups in total. The van der Waals surface area contributed by atoms with Gasteiger partial charge in [0.1, 0.15) is 0 Å². The molecule has 4 nitrogen and oxygen atoms in total. The van der Waals surface area contributed by atoms with Gasteiger partial charge in [0.25, 0.3) is 0 Å². The van der Waals surface area contributed by atoms with Crippen molar-refractivity contribution < 1.29 is 4.79 Å². The van der Waals surface area contributed by atoms with Crippen LogP contribution in [0.25, 0.3) is 0 Å². The molecule has 1 saturated heterocycles. The molecule has 2 heterocycles. The van der Waals surface area contributed by atoms with Gasteiger partial charge in [-0.15, -0.1) is 0 Å². The van der Waals surface area contributed by atoms with E-state index >= 15 is 0 Å². The Kier molecular flexibility index (Phi) is 4.09. The van der Waals surface area contributed by atoms with Crippen LogP contribution in [0.5, 0.6) is 0 Å². The monoisotopic (exact) mass is 233 g/mol. The zero-order chi connectivity index (χ0) is 12.1. The normalized spacial score (nSPS) is 19.2. The predicted octanol–water partition coefficient (Wildman–Crippen LogP) is 1.72. The van der Waals surface area contributed by atoms with Gasteiger partial charge in [-0.3, -0.25) is 9.78 Å². The topological polar surface area (TPSA) is 54.0 Å². The maximum Gasteiger partial charge on any atom is 0.224 e. The van der Waals surface area contributed by atoms with E-state index in [0.717, 1.165) is 30.8 Å². The summed E-state index contributed by atoms with van der Waals surface area (Å²) in [6.45, 7) is 4.11. The number of pyridine rings is 1. The molecule has 1 aromatic heterocycles. The van der Waals surface area contributed by atoms with Crippen molar-refractivity contribution in [3.63, 3.8) is 0 Å². The first-order chi connectivity index (χ1) is 8.24. The van der Waals surface area contributed by atoms with Gasteiger partial charge in [0, 0.05) is 12.6 Å². The fraction of sp³-hybridized carbons (Fsp3) is 0.538. The van der Waals surface area contributed by atoms with Gasteiger partial charge < -0.3 is 10.6 Å². The van der Waals surface area contributed by atoms with E-state index in [0.29, 0.717) is 12.3 Å². The Morgan fingerprint density at radius 2 is 2.47 bits per heavy atom. The van der Waals surface area contributed by atoms with Crippen molar-refractivity contribution in [2.75, 3.05) is 18.4 Å². The molecule has 1 fully saturated rings. The predicted molar refractivity (Wildman–Crippen MR) is 67.8 cm³/mol. The molecule has 1 unspecified atom stereocenters. The molecule has 0 bridgehead atoms. The maximum atomic E-state index is 11.7. The van der Waals surface area contributed by atoms with E-state index < -0.39 is 0 Å². The van der Waals surface area contributed by atoms with E-state index in [-0.39, 0.29) is 5.91 Å². The number of anilines is 1. The number of hydrogen-bond donors (Lipinski definition) is 2. The highest BCUT2D eigenvalue weighted by Crippen LogP contribution is 2.15. The van der Waals surface area contributed by atoms with Crippen LogP contribution in [0.3, 0.4) is 0 Å². The van der Waals surface area contributed by atoms with Crippen molar-refractivity contribution in [3.8, 4) is 0 Å². The first-order valence-electron chi connectivity index (χ1n) is 6.16. The second kappa shape index (κ2) is 5.77. The Morgan fingerprint density at radius 1 is 1.59 bits per heavy atom. The van der Waals surface area contributed by atoms with E-state index in [1.807, 2.05) is 13.0 Å². The number of aromatic nitrogens is 1. The molecule has 0 aliphatic carbocycles. The van der Waals surface area contributed by atoms with E-state index in [2.05, 4.69) is 15.6 Å². The molecule has 92 valence electrons. The van der Waals surface area contributed by atoms with Crippen LogP contribution in [-0.2, 0) is 4.79 Å². The number of rotatable bonds is 4. The average molecular weight is 233 g/mol. The van der Waals surface area contributed by atoms with Gasteiger partial charge >= 0.3 is 0 Å². The van der Waals surface area contributed by atoms with Gasteiger partial charge in [0.05, 0.1) is 11.9 Å². The van der Waals surface area contributed by atoms with Gasteiger partial charge in [0.2, 0.25) is 5.91 Å². The minimum Gasteiger partial charge on any atom is -0.325 e. The van der Waals surface area contributed by atoms with Gasteiger partial charge in [-0.25, -0.2) is 0 Å². The molecular weight excluding hydrogens is 214 g/mol. The summed E-state index contributed by atoms with van der Waals surface area (Å²) in [4.78, 5) is 15.8. The average Bonchev–Trinajstić information content (AvgIpc) is 2.79. The lowest BCUT2D eigenvalue weighted by molar-refractivity contribution is -0.116. The number of nitrogens with zero attached hydrogens (tertiary/aromatic N) is 1. The molecule has 0 radical (unpaired) electrons. The Morgan fingerprint density at radius 3 is 3.18 bits per heavy atom. The van der Waals surface area contributed by atoms with Crippen LogP contribution < -0.4 is 10.6 Å². The highest BCUT2D eigenvalue weighted by Gasteiger charge is 2.15. The van der Waals surface area contributed by atoms with Gasteiger partial charge in [-0.1, -0.05) is 0 Å². The Bertz CT molecular complexity index is 386. The van der Waals surface area contributed by atoms with Crippen molar-refractivity contribution in [1.82, 2.24) is 10.3 Å². The summed E-state index contributed by atoms with van der Waals surface area (Å²) in [5.41, 5.74) is 1.85. The molecule has 1 atom stereocenters. The van der Waals surface area contributed by atoms with Crippen molar-refractivity contribution in [3.05, 3.63) is 24.0 Å². The summed E-state index contributed by atoms with van der Waals surface area (Å²) in [6.07, 6.45) is 6.22. The zero-order valence-corrected chi connectivity index (χ0v) is 10.2. The lowest BCUT2D eigenvalue weighted by atomic mass is 10.0. The van der Waals surface area contributed by atoms with Crippen LogP contribution in [-0.4, -0.2) is 24.0 Å². The summed E-state index contributed by atoms with van der Waals surface area (Å²) in [5.74, 6) is 0.751. The lowest BCUT2D eigenvalue weighted by Gasteiger charge is -2.08. The quantitative estimate of drug-likeness (QED) is 0.832. The van der Waals surface area contributed by atoms with Crippen LogP contribution in [0.1, 0.15) is 24.8 Å². The highest BCUT2D eigenvalue weighted by atomic mass is 16.1. The number of hydrogen-bond acceptors (Lipinski definition) is 3. The third kappa shape index (κ3) is 3.82. The molecule has 2 rings (SSSR count). The molecule has 1 amide bonds. The van der Waals surface area contributed by atoms with Crippen molar-refractivity contribution in [2.24, 2.45) is 5.92 Å². The Hall–Kier alpha value is -1.42. The highest BCUT2D eigenvalue weighted by molar-refractivity contribution is 5.90. The number of aryl methyl sites for hydroxylation is 1. The minimum atomic E-state index is 0.0873. The smallest absolute Gasteiger partial charge is 0.224 e. The number of carbonyl (C=O) groups excluding carboxylic acids is 1. The summed E-state index contributed by atoms with van der Waals surface area (Å²) in [5, 5.41) is 6.20. The second-order valence-corrected chi connectivity index (χ2v) is 4.70. The molecule has 0 spiro atoms. The van der Waals surface area contributed by atoms with Crippen LogP contribution in [0.4, 0.5) is 5.69 Å². The van der Waals surface area contributed by atoms with Crippen LogP contribution in [0.15, 0.2) is 18.5 Å². The Balaban J connectivity index is 1.76. The number of amides is 1. The van der Waals surface area contributed by atoms with Crippen molar-refractivity contribution in [2.45, 2.75) is 26.2 Å². The first kappa shape index (κ1) is 12.0. The van der Waals surface area contributed by atoms with Crippen molar-refractivity contribution in [1.29, 1.82) is 0 Å². The van der Waals surface area contributed by atoms with Gasteiger partial charge in [0.15, 0.2) is 0 Å². The number of carbonyl (C=O) groups is 1. The second-order valence-electron chi connectivity index (χ2n) is 4.70. The number of nitrogens with one attached hydrogen (secondary N) is 2. The molecule has 17 heavy (non-hydrogen) atoms. The molecule has 1 aliphatic heterocycles. The molecular formula is C13H19N3O. The third-order valence-electron chi connectivity index (χ3n) is 3.10.